The Bertz CT molecular complexity index is 606. The topological polar surface area (TPSA) is 49.2 Å². The predicted octanol–water partition coefficient (Wildman–Crippen LogP) is 3.01. The van der Waals surface area contributed by atoms with Gasteiger partial charge in [0.1, 0.15) is 11.0 Å². The van der Waals surface area contributed by atoms with Gasteiger partial charge in [0.2, 0.25) is 0 Å². The summed E-state index contributed by atoms with van der Waals surface area (Å²) in [5.74, 6) is 1.80. The van der Waals surface area contributed by atoms with Crippen LogP contribution in [0.2, 0.25) is 5.15 Å². The van der Waals surface area contributed by atoms with Gasteiger partial charge in [0.05, 0.1) is 0 Å². The molecule has 110 valence electrons. The molecule has 3 rings (SSSR count). The van der Waals surface area contributed by atoms with E-state index in [1.165, 1.54) is 0 Å². The van der Waals surface area contributed by atoms with Gasteiger partial charge in [-0.25, -0.2) is 9.97 Å². The molecular weight excluding hydrogens is 286 g/mol. The summed E-state index contributed by atoms with van der Waals surface area (Å²) in [4.78, 5) is 11.1. The lowest BCUT2D eigenvalue weighted by Gasteiger charge is -2.32. The van der Waals surface area contributed by atoms with E-state index in [4.69, 9.17) is 11.6 Å². The van der Waals surface area contributed by atoms with Gasteiger partial charge >= 0.3 is 0 Å². The highest BCUT2D eigenvalue weighted by Crippen LogP contribution is 2.26. The van der Waals surface area contributed by atoms with Gasteiger partial charge in [-0.05, 0) is 18.8 Å². The second-order valence-corrected chi connectivity index (χ2v) is 5.76. The highest BCUT2D eigenvalue weighted by molar-refractivity contribution is 6.29. The van der Waals surface area contributed by atoms with E-state index in [1.807, 2.05) is 30.3 Å². The molecule has 2 aromatic rings. The van der Waals surface area contributed by atoms with Gasteiger partial charge < -0.3 is 10.0 Å². The third kappa shape index (κ3) is 3.34. The van der Waals surface area contributed by atoms with E-state index in [1.54, 1.807) is 6.07 Å². The van der Waals surface area contributed by atoms with Crippen molar-refractivity contribution in [1.82, 2.24) is 9.97 Å². The van der Waals surface area contributed by atoms with E-state index in [0.717, 1.165) is 37.3 Å². The van der Waals surface area contributed by atoms with Crippen molar-refractivity contribution in [2.45, 2.75) is 12.8 Å². The predicted molar refractivity (Wildman–Crippen MR) is 84.5 cm³/mol. The molecule has 1 saturated heterocycles. The number of aliphatic hydroxyl groups excluding tert-OH is 1. The molecule has 1 N–H and O–H groups in total. The van der Waals surface area contributed by atoms with Crippen LogP contribution in [0.4, 0.5) is 5.82 Å². The molecule has 1 aromatic carbocycles. The van der Waals surface area contributed by atoms with Crippen molar-refractivity contribution in [3.63, 3.8) is 0 Å². The average molecular weight is 304 g/mol. The average Bonchev–Trinajstić information content (AvgIpc) is 2.55. The van der Waals surface area contributed by atoms with Crippen LogP contribution in [0.5, 0.6) is 0 Å². The second-order valence-electron chi connectivity index (χ2n) is 5.38. The number of hydrogen-bond acceptors (Lipinski definition) is 4. The lowest BCUT2D eigenvalue weighted by atomic mass is 9.99. The fourth-order valence-electron chi connectivity index (χ4n) is 2.71. The zero-order chi connectivity index (χ0) is 14.7. The highest BCUT2D eigenvalue weighted by atomic mass is 35.5. The Morgan fingerprint density at radius 2 is 2.05 bits per heavy atom. The summed E-state index contributed by atoms with van der Waals surface area (Å²) >= 11 is 6.16. The van der Waals surface area contributed by atoms with Crippen molar-refractivity contribution in [3.05, 3.63) is 41.6 Å². The smallest absolute Gasteiger partial charge is 0.163 e. The Hall–Kier alpha value is -1.65. The minimum atomic E-state index is 0.223. The molecule has 1 aliphatic heterocycles. The molecular formula is C16H18ClN3O. The molecule has 0 aliphatic carbocycles. The number of aliphatic hydroxyl groups is 1. The molecule has 1 atom stereocenters. The molecule has 21 heavy (non-hydrogen) atoms. The fraction of sp³-hybridized carbons (Fsp3) is 0.375. The van der Waals surface area contributed by atoms with Crippen molar-refractivity contribution in [1.29, 1.82) is 0 Å². The molecule has 5 heteroatoms. The van der Waals surface area contributed by atoms with Crippen LogP contribution >= 0.6 is 11.6 Å². The van der Waals surface area contributed by atoms with Crippen LogP contribution < -0.4 is 4.90 Å². The molecule has 0 spiro atoms. The molecule has 1 unspecified atom stereocenters. The summed E-state index contributed by atoms with van der Waals surface area (Å²) in [6.45, 7) is 1.98. The first-order chi connectivity index (χ1) is 10.3. The van der Waals surface area contributed by atoms with Crippen LogP contribution in [0.3, 0.4) is 0 Å². The summed E-state index contributed by atoms with van der Waals surface area (Å²) in [6, 6.07) is 11.6. The third-order valence-electron chi connectivity index (χ3n) is 3.81. The Kier molecular flexibility index (Phi) is 4.36. The molecule has 0 amide bonds. The number of benzene rings is 1. The number of piperidine rings is 1. The molecule has 4 nitrogen and oxygen atoms in total. The first-order valence-electron chi connectivity index (χ1n) is 7.22. The SMILES string of the molecule is OCC1CCCN(c2cc(Cl)nc(-c3ccccc3)n2)C1. The molecule has 0 saturated carbocycles. The summed E-state index contributed by atoms with van der Waals surface area (Å²) in [6.07, 6.45) is 2.13. The van der Waals surface area contributed by atoms with Crippen LogP contribution in [0.15, 0.2) is 36.4 Å². The number of anilines is 1. The quantitative estimate of drug-likeness (QED) is 0.886. The van der Waals surface area contributed by atoms with Gasteiger partial charge in [-0.3, -0.25) is 0 Å². The summed E-state index contributed by atoms with van der Waals surface area (Å²) < 4.78 is 0. The van der Waals surface area contributed by atoms with Gasteiger partial charge in [0, 0.05) is 31.3 Å². The van der Waals surface area contributed by atoms with Gasteiger partial charge in [-0.1, -0.05) is 41.9 Å². The molecule has 1 aliphatic rings. The van der Waals surface area contributed by atoms with Crippen molar-refractivity contribution in [3.8, 4) is 11.4 Å². The maximum atomic E-state index is 9.36. The molecule has 0 radical (unpaired) electrons. The van der Waals surface area contributed by atoms with Crippen LogP contribution in [-0.4, -0.2) is 34.8 Å². The van der Waals surface area contributed by atoms with E-state index in [9.17, 15) is 5.11 Å². The minimum absolute atomic E-state index is 0.223. The highest BCUT2D eigenvalue weighted by Gasteiger charge is 2.21. The monoisotopic (exact) mass is 303 g/mol. The number of aromatic nitrogens is 2. The Labute approximate surface area is 129 Å². The zero-order valence-corrected chi connectivity index (χ0v) is 12.5. The van der Waals surface area contributed by atoms with Crippen LogP contribution in [0.1, 0.15) is 12.8 Å². The Morgan fingerprint density at radius 3 is 2.81 bits per heavy atom. The maximum Gasteiger partial charge on any atom is 0.163 e. The van der Waals surface area contributed by atoms with Crippen molar-refractivity contribution in [2.75, 3.05) is 24.6 Å². The lowest BCUT2D eigenvalue weighted by molar-refractivity contribution is 0.208. The third-order valence-corrected chi connectivity index (χ3v) is 4.01. The van der Waals surface area contributed by atoms with E-state index in [0.29, 0.717) is 16.9 Å². The summed E-state index contributed by atoms with van der Waals surface area (Å²) in [5.41, 5.74) is 0.956. The number of halogens is 1. The first-order valence-corrected chi connectivity index (χ1v) is 7.60. The second kappa shape index (κ2) is 6.41. The van der Waals surface area contributed by atoms with Crippen molar-refractivity contribution < 1.29 is 5.11 Å². The van der Waals surface area contributed by atoms with Gasteiger partial charge in [-0.15, -0.1) is 0 Å². The number of rotatable bonds is 3. The Morgan fingerprint density at radius 1 is 1.24 bits per heavy atom. The van der Waals surface area contributed by atoms with Gasteiger partial charge in [0.15, 0.2) is 5.82 Å². The van der Waals surface area contributed by atoms with Crippen LogP contribution in [0, 0.1) is 5.92 Å². The number of nitrogens with zero attached hydrogens (tertiary/aromatic N) is 3. The lowest BCUT2D eigenvalue weighted by Crippen LogP contribution is -2.37. The van der Waals surface area contributed by atoms with Gasteiger partial charge in [-0.2, -0.15) is 0 Å². The van der Waals surface area contributed by atoms with Crippen LogP contribution in [0.25, 0.3) is 11.4 Å². The normalized spacial score (nSPS) is 18.8. The summed E-state index contributed by atoms with van der Waals surface area (Å²) in [5, 5.41) is 9.81. The molecule has 1 aromatic heterocycles. The largest absolute Gasteiger partial charge is 0.396 e. The molecule has 1 fully saturated rings. The van der Waals surface area contributed by atoms with E-state index < -0.39 is 0 Å². The maximum absolute atomic E-state index is 9.36. The van der Waals surface area contributed by atoms with E-state index in [2.05, 4.69) is 14.9 Å². The van der Waals surface area contributed by atoms with E-state index >= 15 is 0 Å². The zero-order valence-electron chi connectivity index (χ0n) is 11.7. The van der Waals surface area contributed by atoms with Crippen molar-refractivity contribution in [2.24, 2.45) is 5.92 Å². The summed E-state index contributed by atoms with van der Waals surface area (Å²) in [7, 11) is 0. The molecule has 2 heterocycles. The van der Waals surface area contributed by atoms with Crippen LogP contribution in [-0.2, 0) is 0 Å². The van der Waals surface area contributed by atoms with Crippen molar-refractivity contribution >= 4 is 17.4 Å². The minimum Gasteiger partial charge on any atom is -0.396 e. The van der Waals surface area contributed by atoms with E-state index in [-0.39, 0.29) is 6.61 Å². The fourth-order valence-corrected chi connectivity index (χ4v) is 2.88. The molecule has 0 bridgehead atoms. The number of hydrogen-bond donors (Lipinski definition) is 1. The Balaban J connectivity index is 1.91. The van der Waals surface area contributed by atoms with Gasteiger partial charge in [0.25, 0.3) is 0 Å². The standard InChI is InChI=1S/C16H18ClN3O/c17-14-9-15(20-8-4-5-12(10-20)11-21)19-16(18-14)13-6-2-1-3-7-13/h1-3,6-7,9,12,21H,4-5,8,10-11H2. The first kappa shape index (κ1) is 14.3.